The number of nitrogens with zero attached hydrogens (tertiary/aromatic N) is 5. The Bertz CT molecular complexity index is 1640. The monoisotopic (exact) mass is 651 g/mol. The van der Waals surface area contributed by atoms with Gasteiger partial charge in [-0.2, -0.15) is 36.5 Å². The molecule has 0 saturated carbocycles. The highest BCUT2D eigenvalue weighted by Gasteiger charge is 2.38. The van der Waals surface area contributed by atoms with Crippen molar-refractivity contribution in [2.75, 3.05) is 5.32 Å². The Morgan fingerprint density at radius 3 is 2.27 bits per heavy atom. The Labute approximate surface area is 234 Å². The van der Waals surface area contributed by atoms with E-state index in [0.717, 1.165) is 10.7 Å². The molecular weight excluding hydrogens is 632 g/mol. The lowest BCUT2D eigenvalue weighted by Crippen LogP contribution is -2.19. The smallest absolute Gasteiger partial charge is 0.365 e. The zero-order chi connectivity index (χ0) is 29.7. The minimum Gasteiger partial charge on any atom is -0.365 e. The van der Waals surface area contributed by atoms with Crippen LogP contribution in [0.3, 0.4) is 0 Å². The van der Waals surface area contributed by atoms with Gasteiger partial charge in [0.1, 0.15) is 15.4 Å². The van der Waals surface area contributed by atoms with E-state index in [-0.39, 0.29) is 49.5 Å². The van der Waals surface area contributed by atoms with Crippen LogP contribution in [0.25, 0.3) is 21.3 Å². The third-order valence-corrected chi connectivity index (χ3v) is 8.13. The fourth-order valence-corrected chi connectivity index (χ4v) is 5.63. The quantitative estimate of drug-likeness (QED) is 0.240. The molecule has 0 aliphatic heterocycles. The van der Waals surface area contributed by atoms with Gasteiger partial charge < -0.3 is 11.1 Å². The third-order valence-electron chi connectivity index (χ3n) is 6.09. The number of thiophene rings is 1. The first kappa shape index (κ1) is 29.5. The molecule has 0 fully saturated rings. The Morgan fingerprint density at radius 1 is 1.07 bits per heavy atom. The summed E-state index contributed by atoms with van der Waals surface area (Å²) < 4.78 is 83.1. The van der Waals surface area contributed by atoms with Crippen molar-refractivity contribution in [2.45, 2.75) is 52.6 Å². The fourth-order valence-electron chi connectivity index (χ4n) is 4.11. The van der Waals surface area contributed by atoms with Crippen molar-refractivity contribution in [1.82, 2.24) is 24.5 Å². The van der Waals surface area contributed by atoms with Gasteiger partial charge in [0.05, 0.1) is 28.6 Å². The molecule has 3 N–H and O–H groups in total. The van der Waals surface area contributed by atoms with Crippen LogP contribution in [-0.4, -0.2) is 36.4 Å². The summed E-state index contributed by atoms with van der Waals surface area (Å²) in [6.07, 6.45) is -8.54. The highest BCUT2D eigenvalue weighted by molar-refractivity contribution is 9.10. The zero-order valence-corrected chi connectivity index (χ0v) is 23.4. The number of amides is 2. The maximum Gasteiger partial charge on any atom is 0.436 e. The van der Waals surface area contributed by atoms with Gasteiger partial charge in [-0.1, -0.05) is 0 Å². The number of fused-ring (bicyclic) bond motifs is 1. The van der Waals surface area contributed by atoms with Crippen molar-refractivity contribution < 1.29 is 35.9 Å². The lowest BCUT2D eigenvalue weighted by molar-refractivity contribution is -0.142. The van der Waals surface area contributed by atoms with Gasteiger partial charge in [0, 0.05) is 29.6 Å². The van der Waals surface area contributed by atoms with Gasteiger partial charge in [-0.3, -0.25) is 19.0 Å². The fraction of sp³-hybridized carbons (Fsp3) is 0.348. The van der Waals surface area contributed by atoms with Crippen molar-refractivity contribution in [1.29, 1.82) is 0 Å². The molecule has 0 spiro atoms. The number of hydrogen-bond acceptors (Lipinski definition) is 6. The molecule has 4 aromatic rings. The molecular formula is C23H20BrF6N7O2S. The number of rotatable bonds is 7. The predicted octanol–water partition coefficient (Wildman–Crippen LogP) is 5.92. The average molecular weight is 652 g/mol. The first-order valence-corrected chi connectivity index (χ1v) is 13.1. The molecule has 2 amide bonds. The van der Waals surface area contributed by atoms with Gasteiger partial charge in [-0.25, -0.2) is 4.98 Å². The number of aryl methyl sites for hydroxylation is 2. The van der Waals surface area contributed by atoms with Crippen LogP contribution < -0.4 is 11.1 Å². The average Bonchev–Trinajstić information content (AvgIpc) is 3.50. The summed E-state index contributed by atoms with van der Waals surface area (Å²) >= 11 is 3.44. The van der Waals surface area contributed by atoms with Crippen LogP contribution in [0.1, 0.15) is 45.8 Å². The third kappa shape index (κ3) is 5.43. The van der Waals surface area contributed by atoms with Gasteiger partial charge in [0.15, 0.2) is 5.69 Å². The summed E-state index contributed by atoms with van der Waals surface area (Å²) in [6.45, 7) is 5.02. The van der Waals surface area contributed by atoms with Gasteiger partial charge >= 0.3 is 12.4 Å². The van der Waals surface area contributed by atoms with Gasteiger partial charge in [-0.05, 0) is 48.3 Å². The molecule has 0 aliphatic rings. The number of primary amides is 1. The van der Waals surface area contributed by atoms with E-state index in [9.17, 15) is 35.9 Å². The number of hydrogen-bond donors (Lipinski definition) is 2. The molecule has 0 aliphatic carbocycles. The molecule has 0 bridgehead atoms. The molecule has 214 valence electrons. The first-order chi connectivity index (χ1) is 18.5. The Hall–Kier alpha value is -3.47. The maximum absolute atomic E-state index is 13.7. The summed E-state index contributed by atoms with van der Waals surface area (Å²) in [5, 5.41) is 10.3. The number of pyridine rings is 1. The molecule has 0 aromatic carbocycles. The molecule has 0 unspecified atom stereocenters. The topological polar surface area (TPSA) is 121 Å². The Kier molecular flexibility index (Phi) is 7.74. The number of alkyl halides is 6. The summed E-state index contributed by atoms with van der Waals surface area (Å²) in [7, 11) is 0. The van der Waals surface area contributed by atoms with Crippen molar-refractivity contribution in [2.24, 2.45) is 5.73 Å². The van der Waals surface area contributed by atoms with Gasteiger partial charge in [0.25, 0.3) is 5.91 Å². The SMILES string of the molecule is CCn1ncc(-c2cc(C(F)(F)F)nc3sc(C(N)=O)c(NC(=O)CCn4nc(C(F)(F)F)c(Br)c4C)c23)c1C. The summed E-state index contributed by atoms with van der Waals surface area (Å²) in [6, 6.07) is 0.808. The van der Waals surface area contributed by atoms with Gasteiger partial charge in [0.2, 0.25) is 5.91 Å². The number of halogens is 7. The van der Waals surface area contributed by atoms with Crippen LogP contribution >= 0.6 is 27.3 Å². The summed E-state index contributed by atoms with van der Waals surface area (Å²) in [5.41, 5.74) is 4.00. The van der Waals surface area contributed by atoms with E-state index in [1.54, 1.807) is 18.5 Å². The number of aromatic nitrogens is 5. The second-order valence-electron chi connectivity index (χ2n) is 8.63. The molecule has 4 rings (SSSR count). The van der Waals surface area contributed by atoms with Crippen LogP contribution in [0.2, 0.25) is 0 Å². The summed E-state index contributed by atoms with van der Waals surface area (Å²) in [4.78, 5) is 28.5. The van der Waals surface area contributed by atoms with Crippen molar-refractivity contribution in [3.63, 3.8) is 0 Å². The molecule has 40 heavy (non-hydrogen) atoms. The zero-order valence-electron chi connectivity index (χ0n) is 21.0. The lowest BCUT2D eigenvalue weighted by atomic mass is 10.0. The molecule has 4 heterocycles. The first-order valence-electron chi connectivity index (χ1n) is 11.5. The van der Waals surface area contributed by atoms with E-state index >= 15 is 0 Å². The number of nitrogens with one attached hydrogen (secondary N) is 1. The number of carbonyl (C=O) groups is 2. The Morgan fingerprint density at radius 2 is 1.75 bits per heavy atom. The Balaban J connectivity index is 1.78. The van der Waals surface area contributed by atoms with Crippen LogP contribution in [-0.2, 0) is 30.2 Å². The van der Waals surface area contributed by atoms with E-state index in [1.165, 1.54) is 13.1 Å². The lowest BCUT2D eigenvalue weighted by Gasteiger charge is -2.12. The standard InChI is InChI=1S/C23H20BrF6N7O2S/c1-4-36-9(2)12(8-32-36)11-7-13(22(25,26)27)33-21-15(11)17(18(40-21)20(31)39)34-14(38)5-6-37-10(3)16(24)19(35-37)23(28,29)30/h7-8H,4-6H2,1-3H3,(H2,31,39)(H,34,38). The molecule has 0 saturated heterocycles. The van der Waals surface area contributed by atoms with E-state index in [1.807, 2.05) is 0 Å². The van der Waals surface area contributed by atoms with E-state index in [2.05, 4.69) is 36.4 Å². The molecule has 4 aromatic heterocycles. The van der Waals surface area contributed by atoms with Crippen molar-refractivity contribution in [3.05, 3.63) is 44.4 Å². The minimum absolute atomic E-state index is 0.0234. The minimum atomic E-state index is -4.82. The van der Waals surface area contributed by atoms with E-state index in [4.69, 9.17) is 5.73 Å². The molecule has 17 heteroatoms. The molecule has 0 atom stereocenters. The predicted molar refractivity (Wildman–Crippen MR) is 138 cm³/mol. The second-order valence-corrected chi connectivity index (χ2v) is 10.4. The summed E-state index contributed by atoms with van der Waals surface area (Å²) in [5.74, 6) is -1.76. The maximum atomic E-state index is 13.7. The van der Waals surface area contributed by atoms with Crippen molar-refractivity contribution in [3.8, 4) is 11.1 Å². The van der Waals surface area contributed by atoms with E-state index in [0.29, 0.717) is 29.1 Å². The number of nitrogens with two attached hydrogens (primary N) is 1. The largest absolute Gasteiger partial charge is 0.436 e. The number of anilines is 1. The number of carbonyl (C=O) groups excluding carboxylic acids is 2. The van der Waals surface area contributed by atoms with E-state index < -0.39 is 35.6 Å². The van der Waals surface area contributed by atoms with Crippen LogP contribution in [0.4, 0.5) is 32.0 Å². The van der Waals surface area contributed by atoms with Gasteiger partial charge in [-0.15, -0.1) is 11.3 Å². The highest BCUT2D eigenvalue weighted by Crippen LogP contribution is 2.44. The van der Waals surface area contributed by atoms with Crippen LogP contribution in [0.15, 0.2) is 16.7 Å². The second kappa shape index (κ2) is 10.5. The normalized spacial score (nSPS) is 12.3. The van der Waals surface area contributed by atoms with Crippen LogP contribution in [0, 0.1) is 13.8 Å². The highest BCUT2D eigenvalue weighted by atomic mass is 79.9. The van der Waals surface area contributed by atoms with Crippen LogP contribution in [0.5, 0.6) is 0 Å². The molecule has 0 radical (unpaired) electrons. The molecule has 9 nitrogen and oxygen atoms in total. The van der Waals surface area contributed by atoms with Crippen molar-refractivity contribution >= 4 is 55.0 Å².